The summed E-state index contributed by atoms with van der Waals surface area (Å²) in [5, 5.41) is 8.78. The molecule has 0 bridgehead atoms. The molecule has 0 amide bonds. The molecule has 0 spiro atoms. The fourth-order valence-electron chi connectivity index (χ4n) is 3.07. The van der Waals surface area contributed by atoms with Crippen molar-refractivity contribution in [1.82, 2.24) is 0 Å². The Kier molecular flexibility index (Phi) is 6.56. The minimum atomic E-state index is -1.06. The van der Waals surface area contributed by atoms with E-state index in [0.29, 0.717) is 11.5 Å². The maximum absolute atomic E-state index is 13.9. The molecule has 0 unspecified atom stereocenters. The van der Waals surface area contributed by atoms with Gasteiger partial charge < -0.3 is 4.74 Å². The SMILES string of the molecule is CC(C)c1cc(C(C)C)c(C(=O)Oc2cc(F)c(C#N)c(F)c2)c(C(C)C)c1. The minimum Gasteiger partial charge on any atom is -0.423 e. The predicted molar refractivity (Wildman–Crippen MR) is 105 cm³/mol. The van der Waals surface area contributed by atoms with Crippen LogP contribution in [0.4, 0.5) is 8.78 Å². The van der Waals surface area contributed by atoms with Crippen molar-refractivity contribution in [2.45, 2.75) is 59.3 Å². The summed E-state index contributed by atoms with van der Waals surface area (Å²) in [6.45, 7) is 12.1. The molecule has 0 N–H and O–H groups in total. The summed E-state index contributed by atoms with van der Waals surface area (Å²) in [6.07, 6.45) is 0. The number of esters is 1. The summed E-state index contributed by atoms with van der Waals surface area (Å²) in [7, 11) is 0. The van der Waals surface area contributed by atoms with E-state index < -0.39 is 23.2 Å². The average Bonchev–Trinajstić information content (AvgIpc) is 2.59. The molecule has 0 heterocycles. The summed E-state index contributed by atoms with van der Waals surface area (Å²) >= 11 is 0. The van der Waals surface area contributed by atoms with Gasteiger partial charge in [-0.25, -0.2) is 13.6 Å². The lowest BCUT2D eigenvalue weighted by atomic mass is 9.84. The van der Waals surface area contributed by atoms with E-state index in [1.54, 1.807) is 0 Å². The van der Waals surface area contributed by atoms with E-state index in [1.165, 1.54) is 6.07 Å². The van der Waals surface area contributed by atoms with Gasteiger partial charge in [0, 0.05) is 12.1 Å². The van der Waals surface area contributed by atoms with Crippen LogP contribution in [0.1, 0.15) is 91.9 Å². The highest BCUT2D eigenvalue weighted by molar-refractivity contribution is 5.95. The summed E-state index contributed by atoms with van der Waals surface area (Å²) in [5.74, 6) is -2.63. The first kappa shape index (κ1) is 21.6. The molecular weight excluding hydrogens is 360 g/mol. The smallest absolute Gasteiger partial charge is 0.344 e. The van der Waals surface area contributed by atoms with E-state index in [-0.39, 0.29) is 17.6 Å². The van der Waals surface area contributed by atoms with Crippen molar-refractivity contribution >= 4 is 5.97 Å². The van der Waals surface area contributed by atoms with Gasteiger partial charge in [0.25, 0.3) is 0 Å². The number of carbonyl (C=O) groups is 1. The summed E-state index contributed by atoms with van der Waals surface area (Å²) in [4.78, 5) is 13.0. The second-order valence-electron chi connectivity index (χ2n) is 7.80. The normalized spacial score (nSPS) is 11.2. The highest BCUT2D eigenvalue weighted by atomic mass is 19.1. The van der Waals surface area contributed by atoms with Gasteiger partial charge in [-0.1, -0.05) is 53.7 Å². The molecule has 0 aromatic heterocycles. The molecule has 2 aromatic carbocycles. The molecule has 0 saturated heterocycles. The van der Waals surface area contributed by atoms with Crippen molar-refractivity contribution in [1.29, 1.82) is 5.26 Å². The monoisotopic (exact) mass is 385 g/mol. The third kappa shape index (κ3) is 4.39. The van der Waals surface area contributed by atoms with Crippen LogP contribution in [0.25, 0.3) is 0 Å². The number of hydrogen-bond donors (Lipinski definition) is 0. The average molecular weight is 385 g/mol. The number of nitriles is 1. The molecule has 5 heteroatoms. The first-order valence-corrected chi connectivity index (χ1v) is 9.35. The molecule has 0 radical (unpaired) electrons. The minimum absolute atomic E-state index is 0.0631. The first-order chi connectivity index (χ1) is 13.1. The molecular formula is C23H25F2NO2. The second-order valence-corrected chi connectivity index (χ2v) is 7.80. The van der Waals surface area contributed by atoms with Gasteiger partial charge in [0.05, 0.1) is 5.56 Å². The molecule has 0 atom stereocenters. The van der Waals surface area contributed by atoms with Crippen molar-refractivity contribution in [2.24, 2.45) is 0 Å². The van der Waals surface area contributed by atoms with Gasteiger partial charge in [0.1, 0.15) is 29.0 Å². The van der Waals surface area contributed by atoms with Crippen molar-refractivity contribution in [2.75, 3.05) is 0 Å². The van der Waals surface area contributed by atoms with Crippen molar-refractivity contribution in [3.05, 3.63) is 63.7 Å². The molecule has 2 rings (SSSR count). The van der Waals surface area contributed by atoms with Crippen LogP contribution in [-0.4, -0.2) is 5.97 Å². The zero-order valence-electron chi connectivity index (χ0n) is 17.1. The zero-order valence-corrected chi connectivity index (χ0v) is 17.1. The molecule has 3 nitrogen and oxygen atoms in total. The van der Waals surface area contributed by atoms with Crippen LogP contribution in [0, 0.1) is 23.0 Å². The Labute approximate surface area is 165 Å². The third-order valence-corrected chi connectivity index (χ3v) is 4.67. The Morgan fingerprint density at radius 1 is 0.893 bits per heavy atom. The molecule has 28 heavy (non-hydrogen) atoms. The number of benzene rings is 2. The van der Waals surface area contributed by atoms with Gasteiger partial charge >= 0.3 is 5.97 Å². The largest absolute Gasteiger partial charge is 0.423 e. The summed E-state index contributed by atoms with van der Waals surface area (Å²) in [6, 6.07) is 7.15. The highest BCUT2D eigenvalue weighted by Gasteiger charge is 2.24. The van der Waals surface area contributed by atoms with Gasteiger partial charge in [0.2, 0.25) is 0 Å². The number of halogens is 2. The fraction of sp³-hybridized carbons (Fsp3) is 0.391. The number of ether oxygens (including phenoxy) is 1. The van der Waals surface area contributed by atoms with E-state index in [1.807, 2.05) is 39.8 Å². The van der Waals surface area contributed by atoms with Crippen LogP contribution in [-0.2, 0) is 0 Å². The van der Waals surface area contributed by atoms with Crippen LogP contribution in [0.3, 0.4) is 0 Å². The zero-order chi connectivity index (χ0) is 21.2. The molecule has 0 fully saturated rings. The van der Waals surface area contributed by atoms with Crippen LogP contribution in [0.2, 0.25) is 0 Å². The van der Waals surface area contributed by atoms with Crippen LogP contribution in [0.5, 0.6) is 5.75 Å². The van der Waals surface area contributed by atoms with E-state index in [2.05, 4.69) is 13.8 Å². The van der Waals surface area contributed by atoms with Gasteiger partial charge in [-0.2, -0.15) is 5.26 Å². The molecule has 0 saturated carbocycles. The topological polar surface area (TPSA) is 50.1 Å². The van der Waals surface area contributed by atoms with E-state index in [0.717, 1.165) is 28.8 Å². The van der Waals surface area contributed by atoms with Gasteiger partial charge in [-0.05, 0) is 34.4 Å². The van der Waals surface area contributed by atoms with E-state index in [9.17, 15) is 13.6 Å². The number of hydrogen-bond acceptors (Lipinski definition) is 3. The van der Waals surface area contributed by atoms with Crippen LogP contribution >= 0.6 is 0 Å². The maximum Gasteiger partial charge on any atom is 0.344 e. The standard InChI is InChI=1S/C23H25F2NO2/c1-12(2)15-7-17(13(3)4)22(18(8-15)14(5)6)23(27)28-16-9-20(24)19(11-26)21(25)10-16/h7-10,12-14H,1-6H3. The van der Waals surface area contributed by atoms with Crippen molar-refractivity contribution in [3.8, 4) is 11.8 Å². The highest BCUT2D eigenvalue weighted by Crippen LogP contribution is 2.33. The number of nitrogens with zero attached hydrogens (tertiary/aromatic N) is 1. The maximum atomic E-state index is 13.9. The lowest BCUT2D eigenvalue weighted by Crippen LogP contribution is -2.17. The van der Waals surface area contributed by atoms with Gasteiger partial charge in [-0.3, -0.25) is 0 Å². The predicted octanol–water partition coefficient (Wildman–Crippen LogP) is 6.43. The Morgan fingerprint density at radius 2 is 1.36 bits per heavy atom. The number of rotatable bonds is 5. The Bertz CT molecular complexity index is 888. The van der Waals surface area contributed by atoms with Crippen molar-refractivity contribution < 1.29 is 18.3 Å². The second kappa shape index (κ2) is 8.52. The van der Waals surface area contributed by atoms with E-state index >= 15 is 0 Å². The lowest BCUT2D eigenvalue weighted by molar-refractivity contribution is 0.0730. The summed E-state index contributed by atoms with van der Waals surface area (Å²) in [5.41, 5.74) is 2.54. The van der Waals surface area contributed by atoms with Crippen LogP contribution in [0.15, 0.2) is 24.3 Å². The van der Waals surface area contributed by atoms with Gasteiger partial charge in [0.15, 0.2) is 0 Å². The molecule has 2 aromatic rings. The van der Waals surface area contributed by atoms with Crippen LogP contribution < -0.4 is 4.74 Å². The summed E-state index contributed by atoms with van der Waals surface area (Å²) < 4.78 is 33.0. The van der Waals surface area contributed by atoms with Crippen molar-refractivity contribution in [3.63, 3.8) is 0 Å². The lowest BCUT2D eigenvalue weighted by Gasteiger charge is -2.21. The molecule has 0 aliphatic rings. The Morgan fingerprint density at radius 3 is 1.71 bits per heavy atom. The Hall–Kier alpha value is -2.74. The third-order valence-electron chi connectivity index (χ3n) is 4.67. The quantitative estimate of drug-likeness (QED) is 0.440. The molecule has 148 valence electrons. The fourth-order valence-corrected chi connectivity index (χ4v) is 3.07. The molecule has 0 aliphatic carbocycles. The molecule has 0 aliphatic heterocycles. The Balaban J connectivity index is 2.57. The first-order valence-electron chi connectivity index (χ1n) is 9.35. The van der Waals surface area contributed by atoms with E-state index in [4.69, 9.17) is 10.00 Å². The number of carbonyl (C=O) groups excluding carboxylic acids is 1. The van der Waals surface area contributed by atoms with Gasteiger partial charge in [-0.15, -0.1) is 0 Å².